The number of alkyl halides is 3. The van der Waals surface area contributed by atoms with E-state index in [4.69, 9.17) is 10.8 Å². The average molecular weight is 191 g/mol. The molecule has 0 fully saturated rings. The number of nitrogens with two attached hydrogens (primary N) is 1. The first-order valence-electron chi connectivity index (χ1n) is 3.48. The number of hydrogen-bond donors (Lipinski definition) is 2. The van der Waals surface area contributed by atoms with Gasteiger partial charge in [-0.05, 0) is 24.6 Å². The molecule has 2 nitrogen and oxygen atoms in total. The number of anilines is 1. The Morgan fingerprint density at radius 3 is 2.31 bits per heavy atom. The van der Waals surface area contributed by atoms with Gasteiger partial charge in [0.2, 0.25) is 0 Å². The van der Waals surface area contributed by atoms with Crippen LogP contribution in [0.5, 0.6) is 5.75 Å². The van der Waals surface area contributed by atoms with Gasteiger partial charge in [0.05, 0.1) is 11.3 Å². The van der Waals surface area contributed by atoms with Gasteiger partial charge in [-0.1, -0.05) is 0 Å². The number of phenolic OH excluding ortho intramolecular Hbond substituents is 1. The summed E-state index contributed by atoms with van der Waals surface area (Å²) in [6.07, 6.45) is -4.57. The first kappa shape index (κ1) is 9.70. The summed E-state index contributed by atoms with van der Waals surface area (Å²) in [5, 5.41) is 9.01. The van der Waals surface area contributed by atoms with Gasteiger partial charge in [0.15, 0.2) is 5.75 Å². The summed E-state index contributed by atoms with van der Waals surface area (Å²) in [6.45, 7) is 1.48. The molecule has 0 unspecified atom stereocenters. The summed E-state index contributed by atoms with van der Waals surface area (Å²) >= 11 is 0. The molecule has 0 spiro atoms. The van der Waals surface area contributed by atoms with E-state index in [-0.39, 0.29) is 5.69 Å². The number of benzene rings is 1. The van der Waals surface area contributed by atoms with Crippen LogP contribution in [0.25, 0.3) is 0 Å². The van der Waals surface area contributed by atoms with Gasteiger partial charge in [0.25, 0.3) is 0 Å². The predicted octanol–water partition coefficient (Wildman–Crippen LogP) is 2.30. The minimum Gasteiger partial charge on any atom is -0.505 e. The molecule has 0 radical (unpaired) electrons. The van der Waals surface area contributed by atoms with Crippen molar-refractivity contribution in [1.29, 1.82) is 0 Å². The second kappa shape index (κ2) is 2.83. The lowest BCUT2D eigenvalue weighted by atomic mass is 10.1. The molecule has 0 aliphatic carbocycles. The quantitative estimate of drug-likeness (QED) is 0.488. The van der Waals surface area contributed by atoms with Crippen LogP contribution < -0.4 is 5.73 Å². The predicted molar refractivity (Wildman–Crippen MR) is 42.3 cm³/mol. The van der Waals surface area contributed by atoms with E-state index < -0.39 is 17.5 Å². The molecule has 72 valence electrons. The fraction of sp³-hybridized carbons (Fsp3) is 0.250. The van der Waals surface area contributed by atoms with E-state index in [0.29, 0.717) is 5.56 Å². The third-order valence-electron chi connectivity index (χ3n) is 1.59. The summed E-state index contributed by atoms with van der Waals surface area (Å²) in [5.74, 6) is -0.905. The van der Waals surface area contributed by atoms with Crippen LogP contribution in [0.3, 0.4) is 0 Å². The smallest absolute Gasteiger partial charge is 0.420 e. The number of aromatic hydroxyl groups is 1. The fourth-order valence-corrected chi connectivity index (χ4v) is 1.02. The summed E-state index contributed by atoms with van der Waals surface area (Å²) in [7, 11) is 0. The molecule has 0 saturated heterocycles. The highest BCUT2D eigenvalue weighted by Crippen LogP contribution is 2.39. The molecule has 0 heterocycles. The molecule has 0 atom stereocenters. The zero-order valence-corrected chi connectivity index (χ0v) is 6.81. The maximum absolute atomic E-state index is 12.2. The number of halogens is 3. The number of phenols is 1. The molecule has 1 rings (SSSR count). The molecule has 0 aromatic heterocycles. The van der Waals surface area contributed by atoms with Crippen LogP contribution >= 0.6 is 0 Å². The average Bonchev–Trinajstić information content (AvgIpc) is 1.94. The molecule has 13 heavy (non-hydrogen) atoms. The Labute approximate surface area is 72.8 Å². The minimum atomic E-state index is -4.57. The Balaban J connectivity index is 3.37. The summed E-state index contributed by atoms with van der Waals surface area (Å²) < 4.78 is 36.6. The van der Waals surface area contributed by atoms with Gasteiger partial charge in [0.1, 0.15) is 0 Å². The molecule has 1 aromatic rings. The van der Waals surface area contributed by atoms with Gasteiger partial charge >= 0.3 is 6.18 Å². The fourth-order valence-electron chi connectivity index (χ4n) is 1.02. The molecule has 0 saturated carbocycles. The topological polar surface area (TPSA) is 46.2 Å². The van der Waals surface area contributed by atoms with Crippen LogP contribution in [-0.2, 0) is 6.18 Å². The van der Waals surface area contributed by atoms with Crippen molar-refractivity contribution in [3.63, 3.8) is 0 Å². The number of rotatable bonds is 0. The van der Waals surface area contributed by atoms with Crippen molar-refractivity contribution in [3.8, 4) is 5.75 Å². The Hall–Kier alpha value is -1.39. The number of aryl methyl sites for hydroxylation is 1. The maximum Gasteiger partial charge on any atom is 0.420 e. The van der Waals surface area contributed by atoms with Crippen molar-refractivity contribution in [1.82, 2.24) is 0 Å². The highest BCUT2D eigenvalue weighted by atomic mass is 19.4. The maximum atomic E-state index is 12.2. The van der Waals surface area contributed by atoms with Gasteiger partial charge in [0, 0.05) is 0 Å². The van der Waals surface area contributed by atoms with Crippen molar-refractivity contribution >= 4 is 5.69 Å². The van der Waals surface area contributed by atoms with Crippen LogP contribution in [0, 0.1) is 6.92 Å². The third-order valence-corrected chi connectivity index (χ3v) is 1.59. The summed E-state index contributed by atoms with van der Waals surface area (Å²) in [5.41, 5.74) is 4.18. The van der Waals surface area contributed by atoms with Crippen molar-refractivity contribution < 1.29 is 18.3 Å². The highest BCUT2D eigenvalue weighted by molar-refractivity contribution is 5.58. The molecule has 0 bridgehead atoms. The van der Waals surface area contributed by atoms with E-state index in [0.717, 1.165) is 6.07 Å². The zero-order chi connectivity index (χ0) is 10.2. The van der Waals surface area contributed by atoms with Gasteiger partial charge in [-0.25, -0.2) is 0 Å². The lowest BCUT2D eigenvalue weighted by Gasteiger charge is -2.11. The Morgan fingerprint density at radius 2 is 1.85 bits per heavy atom. The molecule has 0 aliphatic heterocycles. The second-order valence-electron chi connectivity index (χ2n) is 2.75. The molecular formula is C8H8F3NO. The Morgan fingerprint density at radius 1 is 1.31 bits per heavy atom. The van der Waals surface area contributed by atoms with E-state index in [1.54, 1.807) is 0 Å². The van der Waals surface area contributed by atoms with Crippen LogP contribution in [-0.4, -0.2) is 5.11 Å². The van der Waals surface area contributed by atoms with Gasteiger partial charge in [-0.15, -0.1) is 0 Å². The highest BCUT2D eigenvalue weighted by Gasteiger charge is 2.34. The SMILES string of the molecule is Cc1cc(N)c(O)c(C(F)(F)F)c1. The van der Waals surface area contributed by atoms with E-state index in [9.17, 15) is 13.2 Å². The zero-order valence-electron chi connectivity index (χ0n) is 6.81. The first-order chi connectivity index (χ1) is 5.82. The summed E-state index contributed by atoms with van der Waals surface area (Å²) in [4.78, 5) is 0. The van der Waals surface area contributed by atoms with Crippen LogP contribution in [0.2, 0.25) is 0 Å². The largest absolute Gasteiger partial charge is 0.505 e. The molecule has 0 amide bonds. The molecule has 1 aromatic carbocycles. The van der Waals surface area contributed by atoms with E-state index >= 15 is 0 Å². The van der Waals surface area contributed by atoms with Gasteiger partial charge in [-0.3, -0.25) is 0 Å². The van der Waals surface area contributed by atoms with Crippen molar-refractivity contribution in [2.75, 3.05) is 5.73 Å². The molecular weight excluding hydrogens is 183 g/mol. The number of hydrogen-bond acceptors (Lipinski definition) is 2. The van der Waals surface area contributed by atoms with E-state index in [1.807, 2.05) is 0 Å². The van der Waals surface area contributed by atoms with Crippen molar-refractivity contribution in [2.45, 2.75) is 13.1 Å². The Kier molecular flexibility index (Phi) is 2.11. The molecule has 5 heteroatoms. The lowest BCUT2D eigenvalue weighted by molar-refractivity contribution is -0.138. The normalized spacial score (nSPS) is 11.7. The minimum absolute atomic E-state index is 0.257. The van der Waals surface area contributed by atoms with Gasteiger partial charge in [-0.2, -0.15) is 13.2 Å². The van der Waals surface area contributed by atoms with E-state index in [2.05, 4.69) is 0 Å². The third kappa shape index (κ3) is 1.85. The van der Waals surface area contributed by atoms with E-state index in [1.165, 1.54) is 13.0 Å². The second-order valence-corrected chi connectivity index (χ2v) is 2.75. The van der Waals surface area contributed by atoms with Gasteiger partial charge < -0.3 is 10.8 Å². The standard InChI is InChI=1S/C8H8F3NO/c1-4-2-5(8(9,10)11)7(13)6(12)3-4/h2-3,13H,12H2,1H3. The van der Waals surface area contributed by atoms with Crippen molar-refractivity contribution in [3.05, 3.63) is 23.3 Å². The van der Waals surface area contributed by atoms with Crippen LogP contribution in [0.4, 0.5) is 18.9 Å². The first-order valence-corrected chi connectivity index (χ1v) is 3.48. The molecule has 3 N–H and O–H groups in total. The summed E-state index contributed by atoms with van der Waals surface area (Å²) in [6, 6.07) is 2.14. The monoisotopic (exact) mass is 191 g/mol. The lowest BCUT2D eigenvalue weighted by Crippen LogP contribution is -2.07. The van der Waals surface area contributed by atoms with Crippen LogP contribution in [0.15, 0.2) is 12.1 Å². The molecule has 0 aliphatic rings. The Bertz CT molecular complexity index is 333. The van der Waals surface area contributed by atoms with Crippen LogP contribution in [0.1, 0.15) is 11.1 Å². The number of nitrogen functional groups attached to an aromatic ring is 1. The van der Waals surface area contributed by atoms with Crippen molar-refractivity contribution in [2.24, 2.45) is 0 Å².